The van der Waals surface area contributed by atoms with E-state index >= 15 is 0 Å². The average molecular weight is 346 g/mol. The molecule has 2 aromatic rings. The first-order valence-electron chi connectivity index (χ1n) is 7.75. The van der Waals surface area contributed by atoms with Crippen molar-refractivity contribution < 1.29 is 23.1 Å². The van der Waals surface area contributed by atoms with Crippen molar-refractivity contribution in [3.63, 3.8) is 0 Å². The highest BCUT2D eigenvalue weighted by Gasteiger charge is 2.52. The third kappa shape index (κ3) is 3.17. The lowest BCUT2D eigenvalue weighted by molar-refractivity contribution is -0.141. The molecule has 130 valence electrons. The second-order valence-corrected chi connectivity index (χ2v) is 5.54. The SMILES string of the molecule is CCN1C(=O)C(F)(F)c2cc(NC(=O)OCc3ccccc3)ccc21. The van der Waals surface area contributed by atoms with Gasteiger partial charge in [0.2, 0.25) is 0 Å². The second-order valence-electron chi connectivity index (χ2n) is 5.54. The van der Waals surface area contributed by atoms with E-state index in [0.717, 1.165) is 16.5 Å². The summed E-state index contributed by atoms with van der Waals surface area (Å²) in [6.45, 7) is 1.83. The van der Waals surface area contributed by atoms with Gasteiger partial charge in [0, 0.05) is 12.2 Å². The Bertz CT molecular complexity index is 809. The standard InChI is InChI=1S/C18H16F2N2O3/c1-2-22-15-9-8-13(10-14(15)18(19,20)16(22)23)21-17(24)25-11-12-6-4-3-5-7-12/h3-10H,2,11H2,1H3,(H,21,24). The fraction of sp³-hybridized carbons (Fsp3) is 0.222. The Labute approximate surface area is 143 Å². The van der Waals surface area contributed by atoms with E-state index in [2.05, 4.69) is 5.32 Å². The van der Waals surface area contributed by atoms with Crippen molar-refractivity contribution in [2.75, 3.05) is 16.8 Å². The minimum Gasteiger partial charge on any atom is -0.444 e. The Morgan fingerprint density at radius 3 is 2.60 bits per heavy atom. The first kappa shape index (κ1) is 16.9. The smallest absolute Gasteiger partial charge is 0.411 e. The van der Waals surface area contributed by atoms with Crippen LogP contribution in [0.1, 0.15) is 18.1 Å². The maximum Gasteiger partial charge on any atom is 0.411 e. The van der Waals surface area contributed by atoms with Crippen LogP contribution in [0.2, 0.25) is 0 Å². The molecule has 1 aliphatic rings. The molecule has 2 amide bonds. The zero-order valence-corrected chi connectivity index (χ0v) is 13.5. The van der Waals surface area contributed by atoms with Crippen LogP contribution >= 0.6 is 0 Å². The molecular weight excluding hydrogens is 330 g/mol. The molecule has 3 rings (SSSR count). The minimum atomic E-state index is -3.60. The molecule has 0 radical (unpaired) electrons. The lowest BCUT2D eigenvalue weighted by Crippen LogP contribution is -2.34. The van der Waals surface area contributed by atoms with Crippen LogP contribution < -0.4 is 10.2 Å². The van der Waals surface area contributed by atoms with Crippen LogP contribution in [-0.2, 0) is 22.1 Å². The summed E-state index contributed by atoms with van der Waals surface area (Å²) in [5, 5.41) is 2.40. The van der Waals surface area contributed by atoms with E-state index in [4.69, 9.17) is 4.74 Å². The van der Waals surface area contributed by atoms with Gasteiger partial charge in [-0.3, -0.25) is 10.1 Å². The van der Waals surface area contributed by atoms with E-state index in [1.54, 1.807) is 19.1 Å². The predicted octanol–water partition coefficient (Wildman–Crippen LogP) is 3.89. The monoisotopic (exact) mass is 346 g/mol. The zero-order chi connectivity index (χ0) is 18.0. The zero-order valence-electron chi connectivity index (χ0n) is 13.5. The molecule has 0 spiro atoms. The molecular formula is C18H16F2N2O3. The van der Waals surface area contributed by atoms with Crippen molar-refractivity contribution in [2.24, 2.45) is 0 Å². The molecule has 0 fully saturated rings. The number of nitrogens with one attached hydrogen (secondary N) is 1. The topological polar surface area (TPSA) is 58.6 Å². The van der Waals surface area contributed by atoms with Crippen LogP contribution in [0.25, 0.3) is 0 Å². The van der Waals surface area contributed by atoms with Crippen molar-refractivity contribution in [2.45, 2.75) is 19.5 Å². The number of benzene rings is 2. The van der Waals surface area contributed by atoms with E-state index in [0.29, 0.717) is 0 Å². The van der Waals surface area contributed by atoms with Crippen molar-refractivity contribution in [1.82, 2.24) is 0 Å². The number of halogens is 2. The van der Waals surface area contributed by atoms with Crippen molar-refractivity contribution in [1.29, 1.82) is 0 Å². The maximum absolute atomic E-state index is 14.1. The Balaban J connectivity index is 1.72. The van der Waals surface area contributed by atoms with E-state index < -0.39 is 23.5 Å². The number of anilines is 2. The van der Waals surface area contributed by atoms with Gasteiger partial charge in [0.25, 0.3) is 0 Å². The van der Waals surface area contributed by atoms with Crippen LogP contribution in [0.15, 0.2) is 48.5 Å². The Hall–Kier alpha value is -2.96. The highest BCUT2D eigenvalue weighted by molar-refractivity contribution is 6.06. The molecule has 25 heavy (non-hydrogen) atoms. The number of carbonyl (C=O) groups excluding carboxylic acids is 2. The first-order chi connectivity index (χ1) is 11.9. The summed E-state index contributed by atoms with van der Waals surface area (Å²) in [5.41, 5.74) is 0.686. The van der Waals surface area contributed by atoms with Crippen LogP contribution in [0.3, 0.4) is 0 Å². The van der Waals surface area contributed by atoms with Gasteiger partial charge >= 0.3 is 17.9 Å². The quantitative estimate of drug-likeness (QED) is 0.914. The number of rotatable bonds is 4. The highest BCUT2D eigenvalue weighted by Crippen LogP contribution is 2.45. The molecule has 0 saturated carbocycles. The summed E-state index contributed by atoms with van der Waals surface area (Å²) in [5.74, 6) is -4.86. The van der Waals surface area contributed by atoms with Crippen molar-refractivity contribution in [3.8, 4) is 0 Å². The Kier molecular flexibility index (Phi) is 4.39. The van der Waals surface area contributed by atoms with Gasteiger partial charge in [-0.25, -0.2) is 4.79 Å². The molecule has 1 N–H and O–H groups in total. The molecule has 5 nitrogen and oxygen atoms in total. The number of amides is 2. The molecule has 7 heteroatoms. The number of ether oxygens (including phenoxy) is 1. The number of nitrogens with zero attached hydrogens (tertiary/aromatic N) is 1. The Morgan fingerprint density at radius 2 is 1.92 bits per heavy atom. The third-order valence-electron chi connectivity index (χ3n) is 3.91. The molecule has 0 aromatic heterocycles. The summed E-state index contributed by atoms with van der Waals surface area (Å²) < 4.78 is 33.3. The molecule has 2 aromatic carbocycles. The van der Waals surface area contributed by atoms with E-state index in [-0.39, 0.29) is 24.5 Å². The van der Waals surface area contributed by atoms with Gasteiger partial charge in [-0.2, -0.15) is 8.78 Å². The van der Waals surface area contributed by atoms with Gasteiger partial charge in [-0.1, -0.05) is 30.3 Å². The number of carbonyl (C=O) groups is 2. The number of alkyl halides is 2. The minimum absolute atomic E-state index is 0.0653. The molecule has 0 unspecified atom stereocenters. The van der Waals surface area contributed by atoms with Gasteiger partial charge in [0.1, 0.15) is 6.61 Å². The number of likely N-dealkylation sites (N-methyl/N-ethyl adjacent to an activating group) is 1. The van der Waals surface area contributed by atoms with Crippen LogP contribution in [0.5, 0.6) is 0 Å². The summed E-state index contributed by atoms with van der Waals surface area (Å²) in [6.07, 6.45) is -0.760. The molecule has 0 aliphatic carbocycles. The average Bonchev–Trinajstić information content (AvgIpc) is 2.80. The number of hydrogen-bond donors (Lipinski definition) is 1. The van der Waals surface area contributed by atoms with E-state index in [1.165, 1.54) is 12.1 Å². The summed E-state index contributed by atoms with van der Waals surface area (Å²) in [7, 11) is 0. The van der Waals surface area contributed by atoms with Gasteiger partial charge < -0.3 is 9.64 Å². The molecule has 1 aliphatic heterocycles. The maximum atomic E-state index is 14.1. The molecule has 0 saturated heterocycles. The number of fused-ring (bicyclic) bond motifs is 1. The summed E-state index contributed by atoms with van der Waals surface area (Å²) in [6, 6.07) is 13.0. The number of hydrogen-bond acceptors (Lipinski definition) is 3. The molecule has 0 atom stereocenters. The van der Waals surface area contributed by atoms with Gasteiger partial charge in [-0.05, 0) is 30.7 Å². The predicted molar refractivity (Wildman–Crippen MR) is 88.6 cm³/mol. The van der Waals surface area contributed by atoms with Crippen molar-refractivity contribution >= 4 is 23.4 Å². The third-order valence-corrected chi connectivity index (χ3v) is 3.91. The van der Waals surface area contributed by atoms with Crippen LogP contribution in [0.4, 0.5) is 25.0 Å². The van der Waals surface area contributed by atoms with Crippen LogP contribution in [0, 0.1) is 0 Å². The molecule has 0 bridgehead atoms. The lowest BCUT2D eigenvalue weighted by Gasteiger charge is -2.14. The normalized spacial score (nSPS) is 15.0. The summed E-state index contributed by atoms with van der Waals surface area (Å²) in [4.78, 5) is 24.6. The lowest BCUT2D eigenvalue weighted by atomic mass is 10.1. The van der Waals surface area contributed by atoms with Crippen LogP contribution in [-0.4, -0.2) is 18.5 Å². The highest BCUT2D eigenvalue weighted by atomic mass is 19.3. The van der Waals surface area contributed by atoms with Gasteiger partial charge in [0.15, 0.2) is 0 Å². The van der Waals surface area contributed by atoms with Gasteiger partial charge in [0.05, 0.1) is 11.3 Å². The van der Waals surface area contributed by atoms with E-state index in [9.17, 15) is 18.4 Å². The molecule has 1 heterocycles. The fourth-order valence-electron chi connectivity index (χ4n) is 2.69. The largest absolute Gasteiger partial charge is 0.444 e. The Morgan fingerprint density at radius 1 is 1.20 bits per heavy atom. The van der Waals surface area contributed by atoms with Crippen molar-refractivity contribution in [3.05, 3.63) is 59.7 Å². The summed E-state index contributed by atoms with van der Waals surface area (Å²) >= 11 is 0. The second kappa shape index (κ2) is 6.51. The fourth-order valence-corrected chi connectivity index (χ4v) is 2.69. The first-order valence-corrected chi connectivity index (χ1v) is 7.75. The van der Waals surface area contributed by atoms with Gasteiger partial charge in [-0.15, -0.1) is 0 Å². The van der Waals surface area contributed by atoms with E-state index in [1.807, 2.05) is 18.2 Å².